The molecule has 1 unspecified atom stereocenters. The van der Waals surface area contributed by atoms with Crippen molar-refractivity contribution in [2.75, 3.05) is 19.6 Å². The Bertz CT molecular complexity index is 945. The van der Waals surface area contributed by atoms with E-state index in [0.29, 0.717) is 12.1 Å². The van der Waals surface area contributed by atoms with Crippen molar-refractivity contribution in [1.29, 1.82) is 0 Å². The predicted molar refractivity (Wildman–Crippen MR) is 114 cm³/mol. The van der Waals surface area contributed by atoms with E-state index < -0.39 is 10.0 Å². The largest absolute Gasteiger partial charge is 0.333 e. The summed E-state index contributed by atoms with van der Waals surface area (Å²) in [6, 6.07) is 16.4. The molecule has 6 nitrogen and oxygen atoms in total. The second-order valence-electron chi connectivity index (χ2n) is 7.87. The Morgan fingerprint density at radius 1 is 1.10 bits per heavy atom. The van der Waals surface area contributed by atoms with Gasteiger partial charge in [-0.3, -0.25) is 9.69 Å². The van der Waals surface area contributed by atoms with Crippen LogP contribution >= 0.6 is 0 Å². The monoisotopic (exact) mass is 415 g/mol. The fourth-order valence-electron chi connectivity index (χ4n) is 3.66. The predicted octanol–water partition coefficient (Wildman–Crippen LogP) is 2.72. The molecule has 1 N–H and O–H groups in total. The molecular weight excluding hydrogens is 386 g/mol. The number of sulfonamides is 1. The van der Waals surface area contributed by atoms with Gasteiger partial charge in [0, 0.05) is 43.8 Å². The molecule has 0 radical (unpaired) electrons. The van der Waals surface area contributed by atoms with Crippen LogP contribution in [0.15, 0.2) is 59.5 Å². The quantitative estimate of drug-likeness (QED) is 0.788. The smallest absolute Gasteiger partial charge is 0.254 e. The summed E-state index contributed by atoms with van der Waals surface area (Å²) in [7, 11) is -3.63. The molecule has 0 saturated carbocycles. The van der Waals surface area contributed by atoms with Crippen LogP contribution in [0.25, 0.3) is 0 Å². The van der Waals surface area contributed by atoms with Crippen LogP contribution in [0.2, 0.25) is 0 Å². The second kappa shape index (κ2) is 9.07. The normalized spacial score (nSPS) is 18.2. The minimum Gasteiger partial charge on any atom is -0.333 e. The lowest BCUT2D eigenvalue weighted by Gasteiger charge is -2.40. The van der Waals surface area contributed by atoms with Crippen molar-refractivity contribution in [3.05, 3.63) is 65.7 Å². The molecule has 1 heterocycles. The van der Waals surface area contributed by atoms with E-state index in [2.05, 4.69) is 21.8 Å². The fraction of sp³-hybridized carbons (Fsp3) is 0.409. The Labute approximate surface area is 173 Å². The summed E-state index contributed by atoms with van der Waals surface area (Å²) in [5.74, 6) is -0.126. The van der Waals surface area contributed by atoms with Crippen molar-refractivity contribution in [2.24, 2.45) is 0 Å². The molecule has 3 rings (SSSR count). The van der Waals surface area contributed by atoms with Gasteiger partial charge in [-0.2, -0.15) is 0 Å². The summed E-state index contributed by atoms with van der Waals surface area (Å²) >= 11 is 0. The number of hydrogen-bond acceptors (Lipinski definition) is 4. The lowest BCUT2D eigenvalue weighted by Crippen LogP contribution is -2.53. The maximum Gasteiger partial charge on any atom is 0.254 e. The molecule has 2 aromatic carbocycles. The van der Waals surface area contributed by atoms with Gasteiger partial charge >= 0.3 is 0 Å². The van der Waals surface area contributed by atoms with Crippen LogP contribution in [0.5, 0.6) is 0 Å². The molecule has 1 fully saturated rings. The molecule has 0 aromatic heterocycles. The van der Waals surface area contributed by atoms with E-state index in [0.717, 1.165) is 19.6 Å². The second-order valence-corrected chi connectivity index (χ2v) is 9.59. The lowest BCUT2D eigenvalue weighted by molar-refractivity contribution is 0.0475. The zero-order valence-electron chi connectivity index (χ0n) is 17.2. The van der Waals surface area contributed by atoms with Crippen LogP contribution in [0, 0.1) is 0 Å². The number of piperazine rings is 1. The van der Waals surface area contributed by atoms with E-state index in [-0.39, 0.29) is 22.9 Å². The third-order valence-corrected chi connectivity index (χ3v) is 6.66. The third kappa shape index (κ3) is 5.44. The first-order valence-corrected chi connectivity index (χ1v) is 11.4. The van der Waals surface area contributed by atoms with Gasteiger partial charge in [-0.1, -0.05) is 36.4 Å². The van der Waals surface area contributed by atoms with Gasteiger partial charge in [0.15, 0.2) is 0 Å². The molecule has 1 saturated heterocycles. The van der Waals surface area contributed by atoms with Crippen LogP contribution in [-0.4, -0.2) is 55.8 Å². The summed E-state index contributed by atoms with van der Waals surface area (Å²) < 4.78 is 27.4. The summed E-state index contributed by atoms with van der Waals surface area (Å²) in [4.78, 5) is 17.4. The first kappa shape index (κ1) is 21.5. The highest BCUT2D eigenvalue weighted by Crippen LogP contribution is 2.18. The summed E-state index contributed by atoms with van der Waals surface area (Å²) in [6.45, 7) is 8.63. The van der Waals surface area contributed by atoms with Crippen molar-refractivity contribution in [3.8, 4) is 0 Å². The Morgan fingerprint density at radius 3 is 2.48 bits per heavy atom. The maximum atomic E-state index is 13.1. The van der Waals surface area contributed by atoms with Crippen LogP contribution in [0.3, 0.4) is 0 Å². The van der Waals surface area contributed by atoms with Crippen LogP contribution in [-0.2, 0) is 16.6 Å². The summed E-state index contributed by atoms with van der Waals surface area (Å²) in [5, 5.41) is 0. The number of amides is 1. The highest BCUT2D eigenvalue weighted by atomic mass is 32.2. The molecule has 1 amide bonds. The maximum absolute atomic E-state index is 13.1. The highest BCUT2D eigenvalue weighted by molar-refractivity contribution is 7.89. The van der Waals surface area contributed by atoms with E-state index in [1.807, 2.05) is 30.0 Å². The number of hydrogen-bond donors (Lipinski definition) is 1. The van der Waals surface area contributed by atoms with Crippen LogP contribution in [0.1, 0.15) is 36.7 Å². The van der Waals surface area contributed by atoms with E-state index in [9.17, 15) is 13.2 Å². The van der Waals surface area contributed by atoms with Gasteiger partial charge in [0.2, 0.25) is 10.0 Å². The zero-order chi connectivity index (χ0) is 21.0. The summed E-state index contributed by atoms with van der Waals surface area (Å²) in [5.41, 5.74) is 1.66. The van der Waals surface area contributed by atoms with Gasteiger partial charge in [-0.25, -0.2) is 13.1 Å². The SMILES string of the molecule is CC(C)NS(=O)(=O)c1cccc(C(=O)N2CCN(Cc3ccccc3)CC2C)c1. The lowest BCUT2D eigenvalue weighted by atomic mass is 10.1. The first-order valence-electron chi connectivity index (χ1n) is 9.96. The van der Waals surface area contributed by atoms with Crippen molar-refractivity contribution in [2.45, 2.75) is 44.3 Å². The molecule has 2 aromatic rings. The number of benzene rings is 2. The first-order chi connectivity index (χ1) is 13.8. The molecule has 1 atom stereocenters. The number of rotatable bonds is 6. The topological polar surface area (TPSA) is 69.7 Å². The molecule has 1 aliphatic rings. The highest BCUT2D eigenvalue weighted by Gasteiger charge is 2.28. The van der Waals surface area contributed by atoms with Gasteiger partial charge in [0.05, 0.1) is 4.90 Å². The van der Waals surface area contributed by atoms with Gasteiger partial charge in [-0.05, 0) is 44.5 Å². The molecule has 0 bridgehead atoms. The van der Waals surface area contributed by atoms with Gasteiger partial charge in [0.25, 0.3) is 5.91 Å². The van der Waals surface area contributed by atoms with Crippen molar-refractivity contribution in [3.63, 3.8) is 0 Å². The molecule has 0 aliphatic carbocycles. The Balaban J connectivity index is 1.69. The molecule has 29 heavy (non-hydrogen) atoms. The van der Waals surface area contributed by atoms with Crippen molar-refractivity contribution >= 4 is 15.9 Å². The number of nitrogens with one attached hydrogen (secondary N) is 1. The van der Waals surface area contributed by atoms with Crippen molar-refractivity contribution < 1.29 is 13.2 Å². The minimum atomic E-state index is -3.63. The van der Waals surface area contributed by atoms with Gasteiger partial charge in [0.1, 0.15) is 0 Å². The third-order valence-electron chi connectivity index (χ3n) is 5.00. The fourth-order valence-corrected chi connectivity index (χ4v) is 4.96. The molecule has 1 aliphatic heterocycles. The molecular formula is C22H29N3O3S. The van der Waals surface area contributed by atoms with E-state index in [1.165, 1.54) is 17.7 Å². The Kier molecular flexibility index (Phi) is 6.72. The summed E-state index contributed by atoms with van der Waals surface area (Å²) in [6.07, 6.45) is 0. The van der Waals surface area contributed by atoms with Gasteiger partial charge < -0.3 is 4.90 Å². The Hall–Kier alpha value is -2.22. The van der Waals surface area contributed by atoms with Crippen LogP contribution in [0.4, 0.5) is 0 Å². The standard InChI is InChI=1S/C22H29N3O3S/c1-17(2)23-29(27,28)21-11-7-10-20(14-21)22(26)25-13-12-24(15-18(25)3)16-19-8-5-4-6-9-19/h4-11,14,17-18,23H,12-13,15-16H2,1-3H3. The number of carbonyl (C=O) groups excluding carboxylic acids is 1. The Morgan fingerprint density at radius 2 is 1.83 bits per heavy atom. The molecule has 0 spiro atoms. The molecule has 7 heteroatoms. The average molecular weight is 416 g/mol. The average Bonchev–Trinajstić information content (AvgIpc) is 2.67. The van der Waals surface area contributed by atoms with Gasteiger partial charge in [-0.15, -0.1) is 0 Å². The minimum absolute atomic E-state index is 0.0500. The van der Waals surface area contributed by atoms with Crippen molar-refractivity contribution in [1.82, 2.24) is 14.5 Å². The van der Waals surface area contributed by atoms with E-state index in [4.69, 9.17) is 0 Å². The van der Waals surface area contributed by atoms with E-state index in [1.54, 1.807) is 26.0 Å². The molecule has 156 valence electrons. The number of nitrogens with zero attached hydrogens (tertiary/aromatic N) is 2. The number of carbonyl (C=O) groups is 1. The zero-order valence-corrected chi connectivity index (χ0v) is 18.0. The van der Waals surface area contributed by atoms with E-state index >= 15 is 0 Å². The van der Waals surface area contributed by atoms with Crippen LogP contribution < -0.4 is 4.72 Å².